The maximum atomic E-state index is 13.1. The van der Waals surface area contributed by atoms with Gasteiger partial charge in [-0.2, -0.15) is 13.2 Å². The maximum Gasteiger partial charge on any atom is 0.416 e. The summed E-state index contributed by atoms with van der Waals surface area (Å²) in [5, 5.41) is 11.9. The molecular formula is C17H18F3NO3. The molecule has 0 bridgehead atoms. The molecule has 0 aliphatic heterocycles. The van der Waals surface area contributed by atoms with Gasteiger partial charge in [0.1, 0.15) is 11.8 Å². The Bertz CT molecular complexity index is 668. The Kier molecular flexibility index (Phi) is 5.66. The predicted molar refractivity (Wildman–Crippen MR) is 81.2 cm³/mol. The quantitative estimate of drug-likeness (QED) is 0.843. The van der Waals surface area contributed by atoms with E-state index in [2.05, 4.69) is 5.32 Å². The number of carbonyl (C=O) groups is 1. The van der Waals surface area contributed by atoms with Crippen molar-refractivity contribution in [2.75, 3.05) is 6.61 Å². The van der Waals surface area contributed by atoms with E-state index in [9.17, 15) is 23.1 Å². The fraction of sp³-hybridized carbons (Fsp3) is 0.353. The number of nitrogens with one attached hydrogen (secondary N) is 1. The van der Waals surface area contributed by atoms with Gasteiger partial charge in [-0.15, -0.1) is 0 Å². The van der Waals surface area contributed by atoms with Crippen molar-refractivity contribution in [1.82, 2.24) is 5.32 Å². The van der Waals surface area contributed by atoms with Gasteiger partial charge in [0.2, 0.25) is 5.91 Å². The minimum absolute atomic E-state index is 0.0682. The van der Waals surface area contributed by atoms with Crippen LogP contribution < -0.4 is 5.32 Å². The summed E-state index contributed by atoms with van der Waals surface area (Å²) in [5.41, 5.74) is -0.672. The van der Waals surface area contributed by atoms with Gasteiger partial charge in [0.05, 0.1) is 18.4 Å². The third-order valence-electron chi connectivity index (χ3n) is 3.69. The van der Waals surface area contributed by atoms with Gasteiger partial charge >= 0.3 is 6.18 Å². The van der Waals surface area contributed by atoms with Crippen molar-refractivity contribution >= 4 is 5.91 Å². The first kappa shape index (κ1) is 18.1. The van der Waals surface area contributed by atoms with Crippen LogP contribution in [0.4, 0.5) is 13.2 Å². The van der Waals surface area contributed by atoms with E-state index in [1.54, 1.807) is 19.1 Å². The highest BCUT2D eigenvalue weighted by molar-refractivity contribution is 5.77. The Balaban J connectivity index is 2.07. The summed E-state index contributed by atoms with van der Waals surface area (Å²) in [4.78, 5) is 12.1. The summed E-state index contributed by atoms with van der Waals surface area (Å²) in [6.07, 6.45) is -3.19. The molecule has 1 amide bonds. The topological polar surface area (TPSA) is 62.5 Å². The minimum atomic E-state index is -4.47. The second-order valence-corrected chi connectivity index (χ2v) is 5.51. The van der Waals surface area contributed by atoms with Gasteiger partial charge in [0, 0.05) is 6.42 Å². The third-order valence-corrected chi connectivity index (χ3v) is 3.69. The zero-order chi connectivity index (χ0) is 17.7. The van der Waals surface area contributed by atoms with Crippen LogP contribution in [0.5, 0.6) is 0 Å². The molecular weight excluding hydrogens is 323 g/mol. The van der Waals surface area contributed by atoms with Crippen LogP contribution in [0.15, 0.2) is 47.1 Å². The summed E-state index contributed by atoms with van der Waals surface area (Å²) in [6, 6.07) is 7.70. The number of alkyl halides is 3. The Hall–Kier alpha value is -2.28. The van der Waals surface area contributed by atoms with Gasteiger partial charge in [-0.25, -0.2) is 0 Å². The summed E-state index contributed by atoms with van der Waals surface area (Å²) in [5.74, 6) is -0.706. The largest absolute Gasteiger partial charge is 0.467 e. The highest BCUT2D eigenvalue weighted by Gasteiger charge is 2.34. The second kappa shape index (κ2) is 7.53. The molecule has 0 aliphatic rings. The summed E-state index contributed by atoms with van der Waals surface area (Å²) in [7, 11) is 0. The third kappa shape index (κ3) is 4.38. The molecule has 24 heavy (non-hydrogen) atoms. The van der Waals surface area contributed by atoms with Crippen LogP contribution in [0, 0.1) is 0 Å². The van der Waals surface area contributed by atoms with Crippen molar-refractivity contribution in [1.29, 1.82) is 0 Å². The Morgan fingerprint density at radius 3 is 2.54 bits per heavy atom. The van der Waals surface area contributed by atoms with E-state index in [0.717, 1.165) is 6.07 Å². The lowest BCUT2D eigenvalue weighted by molar-refractivity contribution is -0.138. The van der Waals surface area contributed by atoms with Crippen molar-refractivity contribution in [3.63, 3.8) is 0 Å². The monoisotopic (exact) mass is 341 g/mol. The molecule has 0 spiro atoms. The number of furan rings is 1. The molecule has 0 saturated heterocycles. The standard InChI is InChI=1S/C17H18F3NO3/c1-11(12-5-2-3-6-13(12)17(18,19)20)9-16(23)21-14(10-22)15-7-4-8-24-15/h2-8,11,14,22H,9-10H2,1H3,(H,21,23). The lowest BCUT2D eigenvalue weighted by atomic mass is 9.92. The molecule has 0 aliphatic carbocycles. The first-order valence-corrected chi connectivity index (χ1v) is 7.42. The number of carbonyl (C=O) groups excluding carboxylic acids is 1. The molecule has 1 heterocycles. The molecule has 0 fully saturated rings. The van der Waals surface area contributed by atoms with Gasteiger partial charge in [0.25, 0.3) is 0 Å². The summed E-state index contributed by atoms with van der Waals surface area (Å²) >= 11 is 0. The average Bonchev–Trinajstić information content (AvgIpc) is 3.06. The number of benzene rings is 1. The van der Waals surface area contributed by atoms with Crippen LogP contribution in [0.25, 0.3) is 0 Å². The molecule has 2 N–H and O–H groups in total. The number of aliphatic hydroxyl groups is 1. The van der Waals surface area contributed by atoms with Crippen molar-refractivity contribution in [2.45, 2.75) is 31.5 Å². The van der Waals surface area contributed by atoms with Crippen LogP contribution >= 0.6 is 0 Å². The van der Waals surface area contributed by atoms with Gasteiger partial charge in [-0.05, 0) is 29.7 Å². The first-order chi connectivity index (χ1) is 11.3. The van der Waals surface area contributed by atoms with Gasteiger partial charge < -0.3 is 14.8 Å². The number of amides is 1. The van der Waals surface area contributed by atoms with E-state index in [1.807, 2.05) is 0 Å². The highest BCUT2D eigenvalue weighted by atomic mass is 19.4. The smallest absolute Gasteiger partial charge is 0.416 e. The van der Waals surface area contributed by atoms with Gasteiger partial charge in [-0.3, -0.25) is 4.79 Å². The lowest BCUT2D eigenvalue weighted by Crippen LogP contribution is -2.31. The number of rotatable bonds is 6. The zero-order valence-corrected chi connectivity index (χ0v) is 13.0. The van der Waals surface area contributed by atoms with E-state index in [4.69, 9.17) is 4.42 Å². The van der Waals surface area contributed by atoms with Crippen molar-refractivity contribution in [3.05, 3.63) is 59.5 Å². The van der Waals surface area contributed by atoms with Crippen LogP contribution in [-0.4, -0.2) is 17.6 Å². The molecule has 2 atom stereocenters. The van der Waals surface area contributed by atoms with Crippen LogP contribution in [0.1, 0.15) is 42.2 Å². The molecule has 4 nitrogen and oxygen atoms in total. The molecule has 130 valence electrons. The first-order valence-electron chi connectivity index (χ1n) is 7.42. The average molecular weight is 341 g/mol. The second-order valence-electron chi connectivity index (χ2n) is 5.51. The maximum absolute atomic E-state index is 13.1. The highest BCUT2D eigenvalue weighted by Crippen LogP contribution is 2.36. The Labute approximate surface area is 137 Å². The van der Waals surface area contributed by atoms with E-state index in [-0.39, 0.29) is 18.6 Å². The predicted octanol–water partition coefficient (Wildman–Crippen LogP) is 3.64. The zero-order valence-electron chi connectivity index (χ0n) is 13.0. The number of halogens is 3. The summed E-state index contributed by atoms with van der Waals surface area (Å²) < 4.78 is 44.3. The summed E-state index contributed by atoms with van der Waals surface area (Å²) in [6.45, 7) is 1.19. The molecule has 2 unspecified atom stereocenters. The molecule has 0 radical (unpaired) electrons. The van der Waals surface area contributed by atoms with Gasteiger partial charge in [-0.1, -0.05) is 25.1 Å². The number of aliphatic hydroxyl groups excluding tert-OH is 1. The van der Waals surface area contributed by atoms with Crippen LogP contribution in [0.2, 0.25) is 0 Å². The number of hydrogen-bond acceptors (Lipinski definition) is 3. The molecule has 7 heteroatoms. The van der Waals surface area contributed by atoms with E-state index >= 15 is 0 Å². The van der Waals surface area contributed by atoms with Crippen LogP contribution in [-0.2, 0) is 11.0 Å². The molecule has 2 rings (SSSR count). The normalized spacial score (nSPS) is 14.2. The van der Waals surface area contributed by atoms with Crippen LogP contribution in [0.3, 0.4) is 0 Å². The minimum Gasteiger partial charge on any atom is -0.467 e. The fourth-order valence-corrected chi connectivity index (χ4v) is 2.52. The van der Waals surface area contributed by atoms with Crippen molar-refractivity contribution in [3.8, 4) is 0 Å². The molecule has 2 aromatic rings. The van der Waals surface area contributed by atoms with E-state index in [1.165, 1.54) is 24.5 Å². The van der Waals surface area contributed by atoms with Gasteiger partial charge in [0.15, 0.2) is 0 Å². The number of hydrogen-bond donors (Lipinski definition) is 2. The lowest BCUT2D eigenvalue weighted by Gasteiger charge is -2.19. The van der Waals surface area contributed by atoms with Crippen molar-refractivity contribution in [2.24, 2.45) is 0 Å². The Morgan fingerprint density at radius 2 is 1.96 bits per heavy atom. The molecule has 1 aromatic carbocycles. The van der Waals surface area contributed by atoms with Crippen molar-refractivity contribution < 1.29 is 27.5 Å². The Morgan fingerprint density at radius 1 is 1.25 bits per heavy atom. The fourth-order valence-electron chi connectivity index (χ4n) is 2.52. The van der Waals surface area contributed by atoms with E-state index < -0.39 is 29.6 Å². The van der Waals surface area contributed by atoms with E-state index in [0.29, 0.717) is 5.76 Å². The molecule has 0 saturated carbocycles. The SMILES string of the molecule is CC(CC(=O)NC(CO)c1ccco1)c1ccccc1C(F)(F)F. The molecule has 1 aromatic heterocycles.